The monoisotopic (exact) mass is 450 g/mol. The highest BCUT2D eigenvalue weighted by Gasteiger charge is 2.20. The Morgan fingerprint density at radius 1 is 0.970 bits per heavy atom. The molecule has 0 saturated carbocycles. The minimum Gasteiger partial charge on any atom is -0.367 e. The first-order valence-electron chi connectivity index (χ1n) is 12.4. The molecule has 0 radical (unpaired) electrons. The van der Waals surface area contributed by atoms with Gasteiger partial charge in [0.25, 0.3) is 0 Å². The molecule has 33 heavy (non-hydrogen) atoms. The van der Waals surface area contributed by atoms with Crippen LogP contribution in [0.1, 0.15) is 43.5 Å². The average Bonchev–Trinajstić information content (AvgIpc) is 3.48. The second-order valence-corrected chi connectivity index (χ2v) is 9.66. The number of hydrogen-bond donors (Lipinski definition) is 1. The molecule has 0 spiro atoms. The van der Waals surface area contributed by atoms with Crippen molar-refractivity contribution in [3.05, 3.63) is 53.7 Å². The van der Waals surface area contributed by atoms with Crippen molar-refractivity contribution in [1.82, 2.24) is 24.3 Å². The molecular weight excluding hydrogens is 415 g/mol. The number of nitrogens with one attached hydrogen (secondary N) is 1. The second-order valence-electron chi connectivity index (χ2n) is 9.66. The zero-order chi connectivity index (χ0) is 22.6. The third-order valence-corrected chi connectivity index (χ3v) is 7.07. The van der Waals surface area contributed by atoms with Gasteiger partial charge in [-0.15, -0.1) is 0 Å². The van der Waals surface area contributed by atoms with Crippen molar-refractivity contribution in [2.75, 3.05) is 45.1 Å². The zero-order valence-corrected chi connectivity index (χ0v) is 19.6. The fraction of sp³-hybridized carbons (Fsp3) is 0.538. The largest absolute Gasteiger partial charge is 0.367 e. The van der Waals surface area contributed by atoms with Gasteiger partial charge in [-0.05, 0) is 95.6 Å². The van der Waals surface area contributed by atoms with Crippen LogP contribution in [0.5, 0.6) is 0 Å². The predicted octanol–water partition coefficient (Wildman–Crippen LogP) is 4.15. The van der Waals surface area contributed by atoms with Crippen LogP contribution >= 0.6 is 0 Å². The first-order valence-corrected chi connectivity index (χ1v) is 12.4. The minimum atomic E-state index is -0.216. The molecule has 0 aliphatic carbocycles. The molecule has 176 valence electrons. The number of aromatic nitrogens is 3. The van der Waals surface area contributed by atoms with E-state index in [1.54, 1.807) is 0 Å². The normalized spacial score (nSPS) is 18.4. The van der Waals surface area contributed by atoms with Gasteiger partial charge in [0.15, 0.2) is 0 Å². The fourth-order valence-electron chi connectivity index (χ4n) is 5.08. The highest BCUT2D eigenvalue weighted by Crippen LogP contribution is 2.25. The molecule has 2 aliphatic rings. The standard InChI is InChI=1S/C26H35FN6/c1-31-16-9-22(10-17-31)28-25-23-11-18-33(15-4-14-32-12-2-3-13-32)26(23)30-24(29-25)19-20-5-7-21(27)8-6-20/h5-8,11,18,22H,2-4,9-10,12-17,19H2,1H3,(H,28,29,30). The maximum absolute atomic E-state index is 13.4. The zero-order valence-electron chi connectivity index (χ0n) is 19.6. The number of rotatable bonds is 8. The van der Waals surface area contributed by atoms with E-state index in [2.05, 4.69) is 39.0 Å². The summed E-state index contributed by atoms with van der Waals surface area (Å²) >= 11 is 0. The van der Waals surface area contributed by atoms with Gasteiger partial charge in [-0.1, -0.05) is 12.1 Å². The van der Waals surface area contributed by atoms with Crippen molar-refractivity contribution in [2.24, 2.45) is 0 Å². The molecule has 0 atom stereocenters. The highest BCUT2D eigenvalue weighted by molar-refractivity contribution is 5.87. The van der Waals surface area contributed by atoms with Crippen molar-refractivity contribution < 1.29 is 4.39 Å². The highest BCUT2D eigenvalue weighted by atomic mass is 19.1. The van der Waals surface area contributed by atoms with Gasteiger partial charge in [0.2, 0.25) is 0 Å². The van der Waals surface area contributed by atoms with E-state index in [-0.39, 0.29) is 5.82 Å². The van der Waals surface area contributed by atoms with Gasteiger partial charge in [-0.25, -0.2) is 14.4 Å². The molecule has 5 rings (SSSR count). The first kappa shape index (κ1) is 22.3. The average molecular weight is 451 g/mol. The third-order valence-electron chi connectivity index (χ3n) is 7.07. The van der Waals surface area contributed by atoms with Crippen LogP contribution in [0.25, 0.3) is 11.0 Å². The first-order chi connectivity index (χ1) is 16.1. The molecule has 7 heteroatoms. The molecule has 1 aromatic carbocycles. The van der Waals surface area contributed by atoms with Crippen LogP contribution in [0.3, 0.4) is 0 Å². The van der Waals surface area contributed by atoms with Crippen LogP contribution in [0.4, 0.5) is 10.2 Å². The van der Waals surface area contributed by atoms with Gasteiger partial charge in [0.1, 0.15) is 23.1 Å². The van der Waals surface area contributed by atoms with E-state index in [1.165, 1.54) is 38.1 Å². The molecule has 6 nitrogen and oxygen atoms in total. The SMILES string of the molecule is CN1CCC(Nc2nc(Cc3ccc(F)cc3)nc3c2ccn3CCCN2CCCC2)CC1. The quantitative estimate of drug-likeness (QED) is 0.559. The number of anilines is 1. The maximum atomic E-state index is 13.4. The minimum absolute atomic E-state index is 0.216. The summed E-state index contributed by atoms with van der Waals surface area (Å²) in [5, 5.41) is 4.83. The summed E-state index contributed by atoms with van der Waals surface area (Å²) < 4.78 is 15.7. The number of aryl methyl sites for hydroxylation is 1. The van der Waals surface area contributed by atoms with Crippen LogP contribution in [-0.4, -0.2) is 70.1 Å². The molecule has 2 aliphatic heterocycles. The number of halogens is 1. The van der Waals surface area contributed by atoms with Gasteiger partial charge >= 0.3 is 0 Å². The Morgan fingerprint density at radius 3 is 2.48 bits per heavy atom. The Kier molecular flexibility index (Phi) is 6.88. The summed E-state index contributed by atoms with van der Waals surface area (Å²) in [4.78, 5) is 14.8. The smallest absolute Gasteiger partial charge is 0.145 e. The third kappa shape index (κ3) is 5.53. The van der Waals surface area contributed by atoms with E-state index in [4.69, 9.17) is 9.97 Å². The lowest BCUT2D eigenvalue weighted by atomic mass is 10.1. The summed E-state index contributed by atoms with van der Waals surface area (Å²) in [6.07, 6.45) is 8.77. The van der Waals surface area contributed by atoms with E-state index in [9.17, 15) is 4.39 Å². The van der Waals surface area contributed by atoms with E-state index >= 15 is 0 Å². The fourth-order valence-corrected chi connectivity index (χ4v) is 5.08. The van der Waals surface area contributed by atoms with Gasteiger partial charge < -0.3 is 19.7 Å². The Morgan fingerprint density at radius 2 is 1.73 bits per heavy atom. The molecular formula is C26H35FN6. The summed E-state index contributed by atoms with van der Waals surface area (Å²) in [5.41, 5.74) is 2.02. The van der Waals surface area contributed by atoms with Crippen molar-refractivity contribution in [1.29, 1.82) is 0 Å². The topological polar surface area (TPSA) is 49.2 Å². The lowest BCUT2D eigenvalue weighted by Gasteiger charge is -2.30. The molecule has 0 amide bonds. The molecule has 0 unspecified atom stereocenters. The molecule has 2 saturated heterocycles. The van der Waals surface area contributed by atoms with Gasteiger partial charge in [-0.2, -0.15) is 0 Å². The Bertz CT molecular complexity index is 1050. The number of hydrogen-bond acceptors (Lipinski definition) is 5. The van der Waals surface area contributed by atoms with Gasteiger partial charge in [-0.3, -0.25) is 0 Å². The number of nitrogens with zero attached hydrogens (tertiary/aromatic N) is 5. The number of likely N-dealkylation sites (tertiary alicyclic amines) is 2. The number of piperidine rings is 1. The molecule has 4 heterocycles. The lowest BCUT2D eigenvalue weighted by molar-refractivity contribution is 0.263. The number of fused-ring (bicyclic) bond motifs is 1. The lowest BCUT2D eigenvalue weighted by Crippen LogP contribution is -2.37. The van der Waals surface area contributed by atoms with E-state index < -0.39 is 0 Å². The van der Waals surface area contributed by atoms with Crippen molar-refractivity contribution in [2.45, 2.75) is 51.1 Å². The molecule has 2 fully saturated rings. The van der Waals surface area contributed by atoms with Crippen molar-refractivity contribution >= 4 is 16.9 Å². The van der Waals surface area contributed by atoms with Crippen molar-refractivity contribution in [3.63, 3.8) is 0 Å². The van der Waals surface area contributed by atoms with Crippen LogP contribution in [0.15, 0.2) is 36.5 Å². The molecule has 2 aromatic heterocycles. The van der Waals surface area contributed by atoms with Crippen molar-refractivity contribution in [3.8, 4) is 0 Å². The van der Waals surface area contributed by atoms with Gasteiger partial charge in [0, 0.05) is 25.2 Å². The summed E-state index contributed by atoms with van der Waals surface area (Å²) in [5.74, 6) is 1.50. The van der Waals surface area contributed by atoms with Crippen LogP contribution in [-0.2, 0) is 13.0 Å². The van der Waals surface area contributed by atoms with Crippen LogP contribution in [0, 0.1) is 5.82 Å². The molecule has 0 bridgehead atoms. The molecule has 3 aromatic rings. The van der Waals surface area contributed by atoms with Gasteiger partial charge in [0.05, 0.1) is 5.39 Å². The number of benzene rings is 1. The summed E-state index contributed by atoms with van der Waals surface area (Å²) in [6, 6.07) is 9.24. The Labute approximate surface area is 195 Å². The Balaban J connectivity index is 1.39. The van der Waals surface area contributed by atoms with Crippen LogP contribution < -0.4 is 5.32 Å². The van der Waals surface area contributed by atoms with Crippen LogP contribution in [0.2, 0.25) is 0 Å². The Hall–Kier alpha value is -2.51. The predicted molar refractivity (Wildman–Crippen MR) is 131 cm³/mol. The van der Waals surface area contributed by atoms with E-state index in [1.807, 2.05) is 12.1 Å². The summed E-state index contributed by atoms with van der Waals surface area (Å²) in [6.45, 7) is 6.79. The molecule has 1 N–H and O–H groups in total. The maximum Gasteiger partial charge on any atom is 0.145 e. The second kappa shape index (κ2) is 10.2. The van der Waals surface area contributed by atoms with E-state index in [0.29, 0.717) is 12.5 Å². The summed E-state index contributed by atoms with van der Waals surface area (Å²) in [7, 11) is 2.18. The van der Waals surface area contributed by atoms with E-state index in [0.717, 1.165) is 73.7 Å².